The molecule has 0 aliphatic heterocycles. The second-order valence-corrected chi connectivity index (χ2v) is 4.95. The van der Waals surface area contributed by atoms with Crippen molar-refractivity contribution in [3.8, 4) is 0 Å². The average Bonchev–Trinajstić information content (AvgIpc) is 2.44. The molecule has 0 saturated heterocycles. The van der Waals surface area contributed by atoms with Gasteiger partial charge in [-0.2, -0.15) is 0 Å². The maximum Gasteiger partial charge on any atom is 0.334 e. The van der Waals surface area contributed by atoms with E-state index in [4.69, 9.17) is 22.4 Å². The Bertz CT molecular complexity index is 488. The van der Waals surface area contributed by atoms with Crippen LogP contribution in [-0.2, 0) is 9.53 Å². The van der Waals surface area contributed by atoms with E-state index in [9.17, 15) is 4.79 Å². The Balaban J connectivity index is 2.76. The molecule has 1 aromatic carbocycles. The third-order valence-electron chi connectivity index (χ3n) is 2.93. The molecular weight excluding hydrogens is 272 g/mol. The zero-order chi connectivity index (χ0) is 15.1. The molecule has 0 bridgehead atoms. The van der Waals surface area contributed by atoms with Gasteiger partial charge in [0.15, 0.2) is 6.04 Å². The summed E-state index contributed by atoms with van der Waals surface area (Å²) in [6.07, 6.45) is 0. The first kappa shape index (κ1) is 16.3. The van der Waals surface area contributed by atoms with Gasteiger partial charge in [0.1, 0.15) is 0 Å². The van der Waals surface area contributed by atoms with E-state index in [1.165, 1.54) is 0 Å². The Morgan fingerprint density at radius 1 is 1.40 bits per heavy atom. The number of hydrogen-bond donors (Lipinski definition) is 2. The lowest BCUT2D eigenvalue weighted by atomic mass is 10.0. The van der Waals surface area contributed by atoms with Crippen LogP contribution in [0.15, 0.2) is 30.3 Å². The fourth-order valence-electron chi connectivity index (χ4n) is 1.73. The molecule has 0 fully saturated rings. The Hall–Kier alpha value is -1.75. The lowest BCUT2D eigenvalue weighted by Crippen LogP contribution is -2.46. The maximum atomic E-state index is 11.8. The monoisotopic (exact) mass is 292 g/mol. The minimum absolute atomic E-state index is 0.0255. The van der Waals surface area contributed by atoms with Crippen LogP contribution in [0.25, 0.3) is 0 Å². The molecule has 20 heavy (non-hydrogen) atoms. The van der Waals surface area contributed by atoms with Crippen molar-refractivity contribution in [3.05, 3.63) is 35.9 Å². The fraction of sp³-hybridized carbons (Fsp3) is 0.400. The molecule has 0 unspecified atom stereocenters. The number of benzene rings is 1. The Morgan fingerprint density at radius 3 is 2.50 bits per heavy atom. The van der Waals surface area contributed by atoms with Gasteiger partial charge in [0.25, 0.3) is 0 Å². The van der Waals surface area contributed by atoms with Gasteiger partial charge in [-0.05, 0) is 19.4 Å². The summed E-state index contributed by atoms with van der Waals surface area (Å²) in [5, 5.41) is 10.6. The van der Waals surface area contributed by atoms with E-state index in [-0.39, 0.29) is 18.2 Å². The summed E-state index contributed by atoms with van der Waals surface area (Å²) in [6.45, 7) is 5.54. The molecular formula is C15H20N2O2S. The van der Waals surface area contributed by atoms with Gasteiger partial charge in [0, 0.05) is 11.6 Å². The van der Waals surface area contributed by atoms with Crippen LogP contribution in [0.1, 0.15) is 32.3 Å². The van der Waals surface area contributed by atoms with E-state index in [2.05, 4.69) is 5.32 Å². The van der Waals surface area contributed by atoms with Crippen molar-refractivity contribution in [2.24, 2.45) is 0 Å². The molecule has 0 saturated carbocycles. The van der Waals surface area contributed by atoms with Crippen LogP contribution < -0.4 is 5.32 Å². The Labute approximate surface area is 125 Å². The zero-order valence-corrected chi connectivity index (χ0v) is 12.8. The van der Waals surface area contributed by atoms with Gasteiger partial charge in [-0.15, -0.1) is 0 Å². The van der Waals surface area contributed by atoms with E-state index in [1.54, 1.807) is 13.8 Å². The first-order chi connectivity index (χ1) is 9.47. The average molecular weight is 292 g/mol. The largest absolute Gasteiger partial charge is 0.464 e. The predicted molar refractivity (Wildman–Crippen MR) is 84.4 cm³/mol. The number of ether oxygens (including phenoxy) is 1. The van der Waals surface area contributed by atoms with Gasteiger partial charge in [0.2, 0.25) is 0 Å². The Kier molecular flexibility index (Phi) is 6.31. The second kappa shape index (κ2) is 7.75. The lowest BCUT2D eigenvalue weighted by Gasteiger charge is -2.21. The number of carbonyl (C=O) groups excluding carboxylic acids is 1. The molecule has 0 spiro atoms. The molecule has 0 heterocycles. The van der Waals surface area contributed by atoms with Gasteiger partial charge in [-0.25, -0.2) is 4.79 Å². The smallest absolute Gasteiger partial charge is 0.334 e. The van der Waals surface area contributed by atoms with Crippen LogP contribution in [0, 0.1) is 5.41 Å². The van der Waals surface area contributed by atoms with Crippen LogP contribution in [0.2, 0.25) is 0 Å². The van der Waals surface area contributed by atoms with Crippen LogP contribution in [-0.4, -0.2) is 29.3 Å². The highest BCUT2D eigenvalue weighted by Gasteiger charge is 2.24. The maximum absolute atomic E-state index is 11.8. The van der Waals surface area contributed by atoms with Gasteiger partial charge >= 0.3 is 5.97 Å². The molecule has 108 valence electrons. The molecule has 0 amide bonds. The van der Waals surface area contributed by atoms with Crippen molar-refractivity contribution in [1.29, 1.82) is 5.41 Å². The highest BCUT2D eigenvalue weighted by atomic mass is 32.1. The van der Waals surface area contributed by atoms with Crippen molar-refractivity contribution in [3.63, 3.8) is 0 Å². The van der Waals surface area contributed by atoms with E-state index in [0.717, 1.165) is 5.56 Å². The summed E-state index contributed by atoms with van der Waals surface area (Å²) in [4.78, 5) is 12.3. The van der Waals surface area contributed by atoms with Gasteiger partial charge in [-0.1, -0.05) is 49.5 Å². The molecule has 0 radical (unpaired) electrons. The van der Waals surface area contributed by atoms with Gasteiger partial charge in [0.05, 0.1) is 11.6 Å². The Morgan fingerprint density at radius 2 is 2.00 bits per heavy atom. The normalized spacial score (nSPS) is 13.2. The molecule has 4 nitrogen and oxygen atoms in total. The molecule has 1 aromatic rings. The minimum atomic E-state index is -0.811. The van der Waals surface area contributed by atoms with E-state index >= 15 is 0 Å². The van der Waals surface area contributed by atoms with Crippen LogP contribution in [0.4, 0.5) is 0 Å². The molecule has 2 N–H and O–H groups in total. The summed E-state index contributed by atoms with van der Waals surface area (Å²) in [5.41, 5.74) is 1.25. The number of carbonyl (C=O) groups is 1. The molecule has 1 rings (SSSR count). The molecule has 0 aromatic heterocycles. The summed E-state index contributed by atoms with van der Waals surface area (Å²) in [6, 6.07) is 8.98. The first-order valence-electron chi connectivity index (χ1n) is 6.54. The van der Waals surface area contributed by atoms with Gasteiger partial charge in [-0.3, -0.25) is 0 Å². The minimum Gasteiger partial charge on any atom is -0.464 e. The topological polar surface area (TPSA) is 62.2 Å². The predicted octanol–water partition coefficient (Wildman–Crippen LogP) is 2.68. The van der Waals surface area contributed by atoms with Crippen molar-refractivity contribution >= 4 is 28.9 Å². The number of thiocarbonyl (C=S) groups is 1. The fourth-order valence-corrected chi connectivity index (χ4v) is 1.98. The third kappa shape index (κ3) is 4.42. The summed E-state index contributed by atoms with van der Waals surface area (Å²) in [7, 11) is 0. The van der Waals surface area contributed by atoms with Crippen molar-refractivity contribution < 1.29 is 9.53 Å². The molecule has 0 aliphatic rings. The standard InChI is InChI=1S/C15H20N2O2S/c1-4-19-15(18)13(11(3)16)17-14(20)10(2)12-8-6-5-7-9-12/h5-10,13,16H,4H2,1-3H3,(H,17,20)/t10-,13+/m1/s1. The lowest BCUT2D eigenvalue weighted by molar-refractivity contribution is -0.143. The summed E-state index contributed by atoms with van der Waals surface area (Å²) >= 11 is 5.34. The van der Waals surface area contributed by atoms with Crippen molar-refractivity contribution in [1.82, 2.24) is 5.32 Å². The van der Waals surface area contributed by atoms with E-state index in [1.807, 2.05) is 37.3 Å². The zero-order valence-electron chi connectivity index (χ0n) is 12.0. The van der Waals surface area contributed by atoms with Crippen LogP contribution in [0.3, 0.4) is 0 Å². The molecule has 5 heteroatoms. The van der Waals surface area contributed by atoms with Gasteiger partial charge < -0.3 is 15.5 Å². The number of rotatable bonds is 6. The first-order valence-corrected chi connectivity index (χ1v) is 6.95. The summed E-state index contributed by atoms with van der Waals surface area (Å²) in [5.74, 6) is -0.495. The quantitative estimate of drug-likeness (QED) is 0.481. The van der Waals surface area contributed by atoms with E-state index < -0.39 is 12.0 Å². The number of hydrogen-bond acceptors (Lipinski definition) is 4. The highest BCUT2D eigenvalue weighted by molar-refractivity contribution is 7.80. The van der Waals surface area contributed by atoms with Crippen molar-refractivity contribution in [2.45, 2.75) is 32.7 Å². The van der Waals surface area contributed by atoms with E-state index in [0.29, 0.717) is 4.99 Å². The third-order valence-corrected chi connectivity index (χ3v) is 3.41. The van der Waals surface area contributed by atoms with Crippen LogP contribution in [0.5, 0.6) is 0 Å². The number of esters is 1. The molecule has 2 atom stereocenters. The number of nitrogens with one attached hydrogen (secondary N) is 2. The van der Waals surface area contributed by atoms with Crippen molar-refractivity contribution in [2.75, 3.05) is 6.61 Å². The van der Waals surface area contributed by atoms with Crippen LogP contribution >= 0.6 is 12.2 Å². The molecule has 0 aliphatic carbocycles. The second-order valence-electron chi connectivity index (χ2n) is 4.51. The SMILES string of the molecule is CCOC(=O)[C@@H](NC(=S)[C@H](C)c1ccccc1)C(C)=N. The summed E-state index contributed by atoms with van der Waals surface area (Å²) < 4.78 is 4.95. The highest BCUT2D eigenvalue weighted by Crippen LogP contribution is 2.16.